The average Bonchev–Trinajstić information content (AvgIpc) is 2.93. The second-order valence-corrected chi connectivity index (χ2v) is 6.42. The molecule has 7 nitrogen and oxygen atoms in total. The largest absolute Gasteiger partial charge is 0.454 e. The molecule has 7 heteroatoms. The first-order valence-electron chi connectivity index (χ1n) is 8.89. The molecule has 0 spiro atoms. The number of hydrogen-bond acceptors (Lipinski definition) is 5. The van der Waals surface area contributed by atoms with Crippen LogP contribution in [0.4, 0.5) is 5.69 Å². The summed E-state index contributed by atoms with van der Waals surface area (Å²) < 4.78 is 4.93. The molecule has 1 aliphatic rings. The van der Waals surface area contributed by atoms with E-state index in [0.29, 0.717) is 18.7 Å². The fraction of sp³-hybridized carbons (Fsp3) is 0.238. The van der Waals surface area contributed by atoms with Gasteiger partial charge in [-0.2, -0.15) is 0 Å². The van der Waals surface area contributed by atoms with Crippen LogP contribution in [0, 0.1) is 6.92 Å². The van der Waals surface area contributed by atoms with E-state index in [4.69, 9.17) is 4.74 Å². The zero-order valence-electron chi connectivity index (χ0n) is 15.4. The predicted molar refractivity (Wildman–Crippen MR) is 102 cm³/mol. The molecule has 0 fully saturated rings. The van der Waals surface area contributed by atoms with E-state index in [1.54, 1.807) is 18.2 Å². The number of para-hydroxylation sites is 1. The molecule has 1 heterocycles. The Morgan fingerprint density at radius 1 is 1.04 bits per heavy atom. The van der Waals surface area contributed by atoms with Gasteiger partial charge in [-0.3, -0.25) is 24.1 Å². The summed E-state index contributed by atoms with van der Waals surface area (Å²) in [6, 6.07) is 14.3. The summed E-state index contributed by atoms with van der Waals surface area (Å²) in [4.78, 5) is 48.9. The summed E-state index contributed by atoms with van der Waals surface area (Å²) in [5.41, 5.74) is 2.91. The molecule has 2 amide bonds. The van der Waals surface area contributed by atoms with Crippen molar-refractivity contribution in [1.82, 2.24) is 5.32 Å². The van der Waals surface area contributed by atoms with Crippen LogP contribution in [-0.2, 0) is 25.5 Å². The highest BCUT2D eigenvalue weighted by atomic mass is 16.5. The van der Waals surface area contributed by atoms with Gasteiger partial charge in [-0.1, -0.05) is 36.4 Å². The van der Waals surface area contributed by atoms with Crippen LogP contribution in [0.2, 0.25) is 0 Å². The second-order valence-electron chi connectivity index (χ2n) is 6.42. The Morgan fingerprint density at radius 3 is 2.54 bits per heavy atom. The number of ketones is 1. The van der Waals surface area contributed by atoms with E-state index in [0.717, 1.165) is 16.0 Å². The van der Waals surface area contributed by atoms with Crippen molar-refractivity contribution in [3.63, 3.8) is 0 Å². The molecule has 0 saturated carbocycles. The number of carbonyl (C=O) groups excluding carboxylic acids is 4. The maximum atomic E-state index is 12.0. The minimum Gasteiger partial charge on any atom is -0.454 e. The zero-order valence-corrected chi connectivity index (χ0v) is 15.4. The van der Waals surface area contributed by atoms with Crippen LogP contribution in [0.15, 0.2) is 48.5 Å². The van der Waals surface area contributed by atoms with Crippen molar-refractivity contribution < 1.29 is 23.9 Å². The number of nitrogens with one attached hydrogen (secondary N) is 1. The topological polar surface area (TPSA) is 92.8 Å². The van der Waals surface area contributed by atoms with Gasteiger partial charge < -0.3 is 10.1 Å². The molecule has 0 saturated heterocycles. The second kappa shape index (κ2) is 8.47. The van der Waals surface area contributed by atoms with E-state index in [-0.39, 0.29) is 5.56 Å². The molecule has 0 atom stereocenters. The van der Waals surface area contributed by atoms with Gasteiger partial charge in [-0.05, 0) is 36.6 Å². The number of carbonyl (C=O) groups is 4. The van der Waals surface area contributed by atoms with Crippen molar-refractivity contribution in [2.45, 2.75) is 13.3 Å². The lowest BCUT2D eigenvalue weighted by Crippen LogP contribution is -2.37. The molecule has 0 radical (unpaired) electrons. The number of anilines is 1. The number of ether oxygens (including phenoxy) is 1. The molecular weight excluding hydrogens is 360 g/mol. The Bertz CT molecular complexity index is 938. The molecule has 1 aliphatic heterocycles. The van der Waals surface area contributed by atoms with Crippen LogP contribution in [0.25, 0.3) is 0 Å². The molecule has 0 aromatic heterocycles. The van der Waals surface area contributed by atoms with E-state index >= 15 is 0 Å². The SMILES string of the molecule is Cc1ccccc1CCNC(=O)COC(=O)CN1C(=O)C(=O)c2ccccc21. The van der Waals surface area contributed by atoms with Gasteiger partial charge >= 0.3 is 5.97 Å². The predicted octanol–water partition coefficient (Wildman–Crippen LogP) is 1.43. The number of Topliss-reactive ketones (excluding diaryl/α,β-unsaturated/α-hetero) is 1. The molecule has 144 valence electrons. The Morgan fingerprint density at radius 2 is 1.75 bits per heavy atom. The third-order valence-corrected chi connectivity index (χ3v) is 4.51. The van der Waals surface area contributed by atoms with E-state index in [2.05, 4.69) is 5.32 Å². The summed E-state index contributed by atoms with van der Waals surface area (Å²) in [5.74, 6) is -2.61. The van der Waals surface area contributed by atoms with Crippen LogP contribution in [0.5, 0.6) is 0 Å². The molecule has 0 unspecified atom stereocenters. The van der Waals surface area contributed by atoms with Gasteiger partial charge in [0.05, 0.1) is 11.3 Å². The highest BCUT2D eigenvalue weighted by Crippen LogP contribution is 2.28. The van der Waals surface area contributed by atoms with Gasteiger partial charge in [0, 0.05) is 6.54 Å². The minimum atomic E-state index is -0.777. The van der Waals surface area contributed by atoms with Gasteiger partial charge in [0.15, 0.2) is 6.61 Å². The number of aryl methyl sites for hydroxylation is 1. The van der Waals surface area contributed by atoms with E-state index in [1.165, 1.54) is 6.07 Å². The number of esters is 1. The quantitative estimate of drug-likeness (QED) is 0.579. The van der Waals surface area contributed by atoms with Crippen molar-refractivity contribution in [1.29, 1.82) is 0 Å². The molecular formula is C21H20N2O5. The monoisotopic (exact) mass is 380 g/mol. The first kappa shape index (κ1) is 19.3. The Hall–Kier alpha value is -3.48. The third kappa shape index (κ3) is 4.25. The van der Waals surface area contributed by atoms with Crippen molar-refractivity contribution in [2.24, 2.45) is 0 Å². The highest BCUT2D eigenvalue weighted by Gasteiger charge is 2.36. The maximum Gasteiger partial charge on any atom is 0.326 e. The van der Waals surface area contributed by atoms with Gasteiger partial charge in [-0.25, -0.2) is 0 Å². The molecule has 0 bridgehead atoms. The number of nitrogens with zero attached hydrogens (tertiary/aromatic N) is 1. The molecule has 0 aliphatic carbocycles. The van der Waals surface area contributed by atoms with Gasteiger partial charge in [0.2, 0.25) is 0 Å². The molecule has 3 rings (SSSR count). The Kier molecular flexibility index (Phi) is 5.84. The lowest BCUT2D eigenvalue weighted by atomic mass is 10.1. The van der Waals surface area contributed by atoms with Crippen LogP contribution < -0.4 is 10.2 Å². The van der Waals surface area contributed by atoms with Crippen molar-refractivity contribution >= 4 is 29.3 Å². The standard InChI is InChI=1S/C21H20N2O5/c1-14-6-2-3-7-15(14)10-11-22-18(24)13-28-19(25)12-23-17-9-5-4-8-16(17)20(26)21(23)27/h2-9H,10-13H2,1H3,(H,22,24). The summed E-state index contributed by atoms with van der Waals surface area (Å²) in [6.45, 7) is 1.57. The van der Waals surface area contributed by atoms with Crippen molar-refractivity contribution in [2.75, 3.05) is 24.6 Å². The number of benzene rings is 2. The maximum absolute atomic E-state index is 12.0. The first-order valence-corrected chi connectivity index (χ1v) is 8.89. The Balaban J connectivity index is 1.44. The summed E-state index contributed by atoms with van der Waals surface area (Å²) in [6.07, 6.45) is 0.674. The van der Waals surface area contributed by atoms with Crippen molar-refractivity contribution in [3.8, 4) is 0 Å². The van der Waals surface area contributed by atoms with Gasteiger partial charge in [0.25, 0.3) is 17.6 Å². The normalized spacial score (nSPS) is 12.7. The highest BCUT2D eigenvalue weighted by molar-refractivity contribution is 6.52. The Labute approximate surface area is 162 Å². The van der Waals surface area contributed by atoms with Crippen LogP contribution in [-0.4, -0.2) is 43.3 Å². The van der Waals surface area contributed by atoms with Gasteiger partial charge in [0.1, 0.15) is 6.54 Å². The third-order valence-electron chi connectivity index (χ3n) is 4.51. The number of hydrogen-bond donors (Lipinski definition) is 1. The minimum absolute atomic E-state index is 0.259. The molecule has 2 aromatic rings. The summed E-state index contributed by atoms with van der Waals surface area (Å²) in [5, 5.41) is 2.69. The zero-order chi connectivity index (χ0) is 20.1. The van der Waals surface area contributed by atoms with Crippen LogP contribution in [0.3, 0.4) is 0 Å². The lowest BCUT2D eigenvalue weighted by Gasteiger charge is -2.15. The molecule has 28 heavy (non-hydrogen) atoms. The number of amides is 2. The van der Waals surface area contributed by atoms with E-state index < -0.39 is 36.7 Å². The fourth-order valence-electron chi connectivity index (χ4n) is 3.00. The van der Waals surface area contributed by atoms with E-state index in [1.807, 2.05) is 31.2 Å². The van der Waals surface area contributed by atoms with Crippen molar-refractivity contribution in [3.05, 3.63) is 65.2 Å². The van der Waals surface area contributed by atoms with Crippen LogP contribution >= 0.6 is 0 Å². The smallest absolute Gasteiger partial charge is 0.326 e. The lowest BCUT2D eigenvalue weighted by molar-refractivity contribution is -0.147. The summed E-state index contributed by atoms with van der Waals surface area (Å²) >= 11 is 0. The summed E-state index contributed by atoms with van der Waals surface area (Å²) in [7, 11) is 0. The van der Waals surface area contributed by atoms with Crippen LogP contribution in [0.1, 0.15) is 21.5 Å². The molecule has 1 N–H and O–H groups in total. The number of rotatable bonds is 7. The number of fused-ring (bicyclic) bond motifs is 1. The first-order chi connectivity index (χ1) is 13.5. The average molecular weight is 380 g/mol. The molecule has 2 aromatic carbocycles. The van der Waals surface area contributed by atoms with E-state index in [9.17, 15) is 19.2 Å². The fourth-order valence-corrected chi connectivity index (χ4v) is 3.00. The van der Waals surface area contributed by atoms with Gasteiger partial charge in [-0.15, -0.1) is 0 Å².